The van der Waals surface area contributed by atoms with E-state index in [1.807, 2.05) is 25.2 Å². The largest absolute Gasteiger partial charge is 0.482 e. The molecule has 2 aliphatic rings. The molecule has 0 unspecified atom stereocenters. The fourth-order valence-corrected chi connectivity index (χ4v) is 3.20. The molecule has 0 spiro atoms. The van der Waals surface area contributed by atoms with Gasteiger partial charge in [0.05, 0.1) is 31.6 Å². The number of likely N-dealkylation sites (N-methyl/N-ethyl adjacent to an activating group) is 1. The summed E-state index contributed by atoms with van der Waals surface area (Å²) in [4.78, 5) is 14.8. The van der Waals surface area contributed by atoms with Crippen molar-refractivity contribution in [3.63, 3.8) is 0 Å². The molecule has 7 heteroatoms. The monoisotopic (exact) mass is 328 g/mol. The molecule has 1 amide bonds. The van der Waals surface area contributed by atoms with Gasteiger partial charge in [-0.2, -0.15) is 5.10 Å². The minimum absolute atomic E-state index is 0.102. The second kappa shape index (κ2) is 6.16. The van der Waals surface area contributed by atoms with E-state index in [4.69, 9.17) is 9.47 Å². The Morgan fingerprint density at radius 3 is 3.21 bits per heavy atom. The Kier molecular flexibility index (Phi) is 3.86. The maximum atomic E-state index is 12.6. The van der Waals surface area contributed by atoms with Crippen LogP contribution >= 0.6 is 0 Å². The van der Waals surface area contributed by atoms with Gasteiger partial charge in [-0.3, -0.25) is 9.89 Å². The summed E-state index contributed by atoms with van der Waals surface area (Å²) < 4.78 is 11.3. The van der Waals surface area contributed by atoms with Gasteiger partial charge >= 0.3 is 0 Å². The number of hydrogen-bond donors (Lipinski definition) is 2. The summed E-state index contributed by atoms with van der Waals surface area (Å²) in [6, 6.07) is 5.70. The second-order valence-electron chi connectivity index (χ2n) is 6.22. The SMILES string of the molecule is CN1CCc2ccc(C(=O)N[C@H]3COC[C@H]3Oc3cn[nH]c3)cc21. The summed E-state index contributed by atoms with van der Waals surface area (Å²) in [5.41, 5.74) is 3.09. The molecule has 3 heterocycles. The van der Waals surface area contributed by atoms with Gasteiger partial charge in [0.1, 0.15) is 6.10 Å². The molecule has 0 aliphatic carbocycles. The summed E-state index contributed by atoms with van der Waals surface area (Å²) in [5.74, 6) is 0.540. The van der Waals surface area contributed by atoms with E-state index >= 15 is 0 Å². The molecule has 0 bridgehead atoms. The van der Waals surface area contributed by atoms with Crippen molar-refractivity contribution >= 4 is 11.6 Å². The zero-order valence-corrected chi connectivity index (χ0v) is 13.5. The average Bonchev–Trinajstić information content (AvgIpc) is 3.32. The molecule has 126 valence electrons. The van der Waals surface area contributed by atoms with E-state index in [1.54, 1.807) is 12.4 Å². The van der Waals surface area contributed by atoms with Gasteiger partial charge in [-0.05, 0) is 24.1 Å². The first-order valence-corrected chi connectivity index (χ1v) is 8.09. The normalized spacial score (nSPS) is 22.5. The smallest absolute Gasteiger partial charge is 0.251 e. The Labute approximate surface area is 139 Å². The van der Waals surface area contributed by atoms with Gasteiger partial charge in [-0.1, -0.05) is 6.07 Å². The van der Waals surface area contributed by atoms with Crippen molar-refractivity contribution in [1.82, 2.24) is 15.5 Å². The number of carbonyl (C=O) groups is 1. The Hall–Kier alpha value is -2.54. The highest BCUT2D eigenvalue weighted by molar-refractivity contribution is 5.95. The fraction of sp³-hybridized carbons (Fsp3) is 0.412. The number of fused-ring (bicyclic) bond motifs is 1. The average molecular weight is 328 g/mol. The van der Waals surface area contributed by atoms with Gasteiger partial charge in [0.15, 0.2) is 5.75 Å². The standard InChI is InChI=1S/C17H20N4O3/c1-21-5-4-11-2-3-12(6-15(11)21)17(22)20-14-9-23-10-16(14)24-13-7-18-19-8-13/h2-3,6-8,14,16H,4-5,9-10H2,1H3,(H,18,19)(H,20,22)/t14-,16+/m0/s1. The molecule has 24 heavy (non-hydrogen) atoms. The van der Waals surface area contributed by atoms with Crippen molar-refractivity contribution in [1.29, 1.82) is 0 Å². The highest BCUT2D eigenvalue weighted by Gasteiger charge is 2.32. The van der Waals surface area contributed by atoms with Crippen molar-refractivity contribution in [2.75, 3.05) is 31.7 Å². The van der Waals surface area contributed by atoms with E-state index in [2.05, 4.69) is 20.4 Å². The summed E-state index contributed by atoms with van der Waals surface area (Å²) in [7, 11) is 2.05. The van der Waals surface area contributed by atoms with Crippen LogP contribution in [0.5, 0.6) is 5.75 Å². The van der Waals surface area contributed by atoms with Crippen LogP contribution in [-0.4, -0.2) is 55.1 Å². The van der Waals surface area contributed by atoms with Crippen LogP contribution in [0.25, 0.3) is 0 Å². The number of nitrogens with one attached hydrogen (secondary N) is 2. The molecule has 1 aromatic carbocycles. The molecular formula is C17H20N4O3. The zero-order valence-electron chi connectivity index (χ0n) is 13.5. The van der Waals surface area contributed by atoms with Crippen LogP contribution in [0.2, 0.25) is 0 Å². The molecule has 0 saturated carbocycles. The first kappa shape index (κ1) is 15.0. The number of carbonyl (C=O) groups excluding carboxylic acids is 1. The van der Waals surface area contributed by atoms with Gasteiger partial charge in [-0.15, -0.1) is 0 Å². The molecule has 4 rings (SSSR count). The lowest BCUT2D eigenvalue weighted by atomic mass is 10.1. The third kappa shape index (κ3) is 2.82. The number of anilines is 1. The predicted molar refractivity (Wildman–Crippen MR) is 88.5 cm³/mol. The maximum Gasteiger partial charge on any atom is 0.251 e. The Morgan fingerprint density at radius 2 is 2.38 bits per heavy atom. The van der Waals surface area contributed by atoms with Crippen LogP contribution in [0.1, 0.15) is 15.9 Å². The predicted octanol–water partition coefficient (Wildman–Crippen LogP) is 0.978. The van der Waals surface area contributed by atoms with E-state index < -0.39 is 0 Å². The summed E-state index contributed by atoms with van der Waals surface area (Å²) in [6.45, 7) is 1.89. The Morgan fingerprint density at radius 1 is 1.46 bits per heavy atom. The topological polar surface area (TPSA) is 79.5 Å². The van der Waals surface area contributed by atoms with Crippen LogP contribution in [0.3, 0.4) is 0 Å². The lowest BCUT2D eigenvalue weighted by Crippen LogP contribution is -2.45. The molecule has 1 aromatic heterocycles. The number of hydrogen-bond acceptors (Lipinski definition) is 5. The van der Waals surface area contributed by atoms with Crippen LogP contribution < -0.4 is 15.0 Å². The molecule has 1 fully saturated rings. The van der Waals surface area contributed by atoms with Crippen LogP contribution in [0.4, 0.5) is 5.69 Å². The number of aromatic nitrogens is 2. The maximum absolute atomic E-state index is 12.6. The highest BCUT2D eigenvalue weighted by atomic mass is 16.5. The number of aromatic amines is 1. The van der Waals surface area contributed by atoms with Crippen molar-refractivity contribution in [2.45, 2.75) is 18.6 Å². The number of nitrogens with zero attached hydrogens (tertiary/aromatic N) is 2. The Balaban J connectivity index is 1.44. The van der Waals surface area contributed by atoms with Crippen LogP contribution in [0.15, 0.2) is 30.6 Å². The van der Waals surface area contributed by atoms with Crippen LogP contribution in [0, 0.1) is 0 Å². The van der Waals surface area contributed by atoms with Gasteiger partial charge in [-0.25, -0.2) is 0 Å². The van der Waals surface area contributed by atoms with Gasteiger partial charge in [0.2, 0.25) is 0 Å². The molecule has 7 nitrogen and oxygen atoms in total. The Bertz CT molecular complexity index is 731. The third-order valence-electron chi connectivity index (χ3n) is 4.58. The molecule has 2 N–H and O–H groups in total. The minimum atomic E-state index is -0.219. The van der Waals surface area contributed by atoms with E-state index in [9.17, 15) is 4.79 Å². The van der Waals surface area contributed by atoms with Gasteiger partial charge in [0, 0.05) is 24.8 Å². The van der Waals surface area contributed by atoms with Crippen LogP contribution in [-0.2, 0) is 11.2 Å². The number of benzene rings is 1. The number of ether oxygens (including phenoxy) is 2. The third-order valence-corrected chi connectivity index (χ3v) is 4.58. The van der Waals surface area contributed by atoms with Gasteiger partial charge < -0.3 is 19.7 Å². The van der Waals surface area contributed by atoms with E-state index in [0.29, 0.717) is 24.5 Å². The lowest BCUT2D eigenvalue weighted by molar-refractivity contribution is 0.0904. The number of H-pyrrole nitrogens is 1. The zero-order chi connectivity index (χ0) is 16.5. The van der Waals surface area contributed by atoms with E-state index in [0.717, 1.165) is 18.7 Å². The minimum Gasteiger partial charge on any atom is -0.482 e. The van der Waals surface area contributed by atoms with Crippen molar-refractivity contribution < 1.29 is 14.3 Å². The molecular weight excluding hydrogens is 308 g/mol. The van der Waals surface area contributed by atoms with Crippen molar-refractivity contribution in [2.24, 2.45) is 0 Å². The van der Waals surface area contributed by atoms with Gasteiger partial charge in [0.25, 0.3) is 5.91 Å². The fourth-order valence-electron chi connectivity index (χ4n) is 3.20. The number of rotatable bonds is 4. The van der Waals surface area contributed by atoms with E-state index in [1.165, 1.54) is 5.56 Å². The van der Waals surface area contributed by atoms with Crippen molar-refractivity contribution in [3.8, 4) is 5.75 Å². The highest BCUT2D eigenvalue weighted by Crippen LogP contribution is 2.27. The molecule has 1 saturated heterocycles. The van der Waals surface area contributed by atoms with Crippen molar-refractivity contribution in [3.05, 3.63) is 41.7 Å². The molecule has 2 atom stereocenters. The molecule has 2 aromatic rings. The first-order valence-electron chi connectivity index (χ1n) is 8.09. The lowest BCUT2D eigenvalue weighted by Gasteiger charge is -2.20. The quantitative estimate of drug-likeness (QED) is 0.874. The number of amides is 1. The summed E-state index contributed by atoms with van der Waals surface area (Å²) in [6.07, 6.45) is 4.09. The summed E-state index contributed by atoms with van der Waals surface area (Å²) >= 11 is 0. The molecule has 2 aliphatic heterocycles. The van der Waals surface area contributed by atoms with E-state index in [-0.39, 0.29) is 18.1 Å². The summed E-state index contributed by atoms with van der Waals surface area (Å²) in [5, 5.41) is 9.59. The molecule has 0 radical (unpaired) electrons. The second-order valence-corrected chi connectivity index (χ2v) is 6.22. The first-order chi connectivity index (χ1) is 11.7.